The number of halogens is 17. The highest BCUT2D eigenvalue weighted by molar-refractivity contribution is 5.16. The van der Waals surface area contributed by atoms with Gasteiger partial charge in [-0.15, -0.1) is 0 Å². The van der Waals surface area contributed by atoms with Gasteiger partial charge in [0.15, 0.2) is 0 Å². The van der Waals surface area contributed by atoms with Gasteiger partial charge < -0.3 is 14.2 Å². The number of alkyl halides is 17. The van der Waals surface area contributed by atoms with E-state index in [0.29, 0.717) is 40.6 Å². The maximum Gasteiger partial charge on any atom is 0.460 e. The molecule has 1 atom stereocenters. The topological polar surface area (TPSA) is 27.7 Å². The molecule has 0 spiro atoms. The molecule has 0 aliphatic rings. The van der Waals surface area contributed by atoms with Crippen molar-refractivity contribution in [1.29, 1.82) is 0 Å². The molecular weight excluding hydrogens is 623 g/mol. The Kier molecular flexibility index (Phi) is 12.3. The molecule has 0 aliphatic heterocycles. The minimum Gasteiger partial charge on any atom is -0.330 e. The van der Waals surface area contributed by atoms with Crippen LogP contribution in [0.5, 0.6) is 0 Å². The third-order valence-corrected chi connectivity index (χ3v) is 6.31. The van der Waals surface area contributed by atoms with Crippen LogP contribution >= 0.6 is 0 Å². The Hall–Kier alpha value is -1.31. The van der Waals surface area contributed by atoms with Gasteiger partial charge in [0.1, 0.15) is 5.92 Å². The van der Waals surface area contributed by atoms with E-state index in [1.807, 2.05) is 0 Å². The molecule has 0 aromatic carbocycles. The normalized spacial score (nSPS) is 16.3. The Bertz CT molecular complexity index is 814. The smallest absolute Gasteiger partial charge is 0.330 e. The number of rotatable bonds is 18. The van der Waals surface area contributed by atoms with E-state index in [0.717, 1.165) is 0 Å². The summed E-state index contributed by atoms with van der Waals surface area (Å²) in [7, 11) is 1.24. The van der Waals surface area contributed by atoms with Crippen LogP contribution < -0.4 is 0 Å². The Morgan fingerprint density at radius 2 is 0.756 bits per heavy atom. The lowest BCUT2D eigenvalue weighted by Crippen LogP contribution is -2.75. The first kappa shape index (κ1) is 39.7. The lowest BCUT2D eigenvalue weighted by atomic mass is 9.82. The summed E-state index contributed by atoms with van der Waals surface area (Å²) in [5.41, 5.74) is 0. The van der Waals surface area contributed by atoms with E-state index in [-0.39, 0.29) is 12.8 Å². The third-order valence-electron chi connectivity index (χ3n) is 6.31. The zero-order valence-electron chi connectivity index (χ0n) is 21.7. The fourth-order valence-electron chi connectivity index (χ4n) is 3.78. The van der Waals surface area contributed by atoms with E-state index >= 15 is 8.78 Å². The van der Waals surface area contributed by atoms with Crippen LogP contribution in [-0.4, -0.2) is 74.9 Å². The number of hydrogen-bond donors (Lipinski definition) is 0. The molecule has 0 rings (SSSR count). The maximum atomic E-state index is 15.1. The summed E-state index contributed by atoms with van der Waals surface area (Å²) in [6.07, 6.45) is -7.91. The molecule has 0 aliphatic carbocycles. The summed E-state index contributed by atoms with van der Waals surface area (Å²) < 4.78 is 247. The lowest BCUT2D eigenvalue weighted by Gasteiger charge is -2.46. The van der Waals surface area contributed by atoms with Gasteiger partial charge in [0.05, 0.1) is 0 Å². The van der Waals surface area contributed by atoms with Crippen LogP contribution in [0.3, 0.4) is 0 Å². The van der Waals surface area contributed by atoms with Crippen molar-refractivity contribution in [2.24, 2.45) is 5.92 Å². The number of unbranched alkanes of at least 4 members (excludes halogenated alkanes) is 5. The van der Waals surface area contributed by atoms with Gasteiger partial charge in [-0.25, -0.2) is 0 Å². The SMILES string of the molecule is CCCCCCCCC(C(OC)(OC)OC)C(F)(F)C(F)(F)C(F)(F)C(F)(F)C(F)(F)C(F)(F)C(F)(F)C(F)(F)F. The molecule has 0 bridgehead atoms. The van der Waals surface area contributed by atoms with Crippen molar-refractivity contribution < 1.29 is 88.8 Å². The van der Waals surface area contributed by atoms with Crippen molar-refractivity contribution in [2.75, 3.05) is 21.3 Å². The van der Waals surface area contributed by atoms with Crippen molar-refractivity contribution in [3.05, 3.63) is 0 Å². The molecule has 0 heterocycles. The van der Waals surface area contributed by atoms with E-state index in [4.69, 9.17) is 0 Å². The molecule has 0 saturated carbocycles. The highest BCUT2D eigenvalue weighted by Crippen LogP contribution is 2.65. The fourth-order valence-corrected chi connectivity index (χ4v) is 3.78. The van der Waals surface area contributed by atoms with Gasteiger partial charge in [-0.1, -0.05) is 45.4 Å². The zero-order valence-corrected chi connectivity index (χ0v) is 21.7. The van der Waals surface area contributed by atoms with Gasteiger partial charge in [-0.2, -0.15) is 74.6 Å². The van der Waals surface area contributed by atoms with Crippen LogP contribution in [0.2, 0.25) is 0 Å². The number of methoxy groups -OCH3 is 3. The Morgan fingerprint density at radius 1 is 0.439 bits per heavy atom. The average molecular weight is 650 g/mol. The highest BCUT2D eigenvalue weighted by Gasteiger charge is 2.95. The third kappa shape index (κ3) is 6.33. The average Bonchev–Trinajstić information content (AvgIpc) is 2.84. The van der Waals surface area contributed by atoms with Crippen LogP contribution in [-0.2, 0) is 14.2 Å². The number of hydrogen-bond acceptors (Lipinski definition) is 3. The molecule has 0 N–H and O–H groups in total. The van der Waals surface area contributed by atoms with Crippen LogP contribution in [0, 0.1) is 5.92 Å². The van der Waals surface area contributed by atoms with Crippen molar-refractivity contribution in [2.45, 2.75) is 105 Å². The second-order valence-electron chi connectivity index (χ2n) is 8.89. The Labute approximate surface area is 222 Å². The fraction of sp³-hybridized carbons (Fsp3) is 1.00. The van der Waals surface area contributed by atoms with E-state index in [1.54, 1.807) is 6.92 Å². The zero-order chi connectivity index (χ0) is 33.1. The standard InChI is InChI=1S/C21H27F17O3/c1-5-6-7-8-9-10-11-12(14(39-2,40-3)41-4)13(22,23)15(24,25)16(26,27)17(28,29)18(30,31)19(32,33)20(34,35)21(36,37)38/h12H,5-11H2,1-4H3. The first-order chi connectivity index (χ1) is 18.1. The van der Waals surface area contributed by atoms with Crippen molar-refractivity contribution >= 4 is 0 Å². The summed E-state index contributed by atoms with van der Waals surface area (Å²) >= 11 is 0. The summed E-state index contributed by atoms with van der Waals surface area (Å²) in [4.78, 5) is 0. The van der Waals surface area contributed by atoms with Gasteiger partial charge in [0.2, 0.25) is 0 Å². The summed E-state index contributed by atoms with van der Waals surface area (Å²) in [5.74, 6) is -64.3. The maximum absolute atomic E-state index is 15.1. The van der Waals surface area contributed by atoms with Gasteiger partial charge in [-0.3, -0.25) is 0 Å². The van der Waals surface area contributed by atoms with Crippen molar-refractivity contribution in [3.8, 4) is 0 Å². The monoisotopic (exact) mass is 650 g/mol. The highest BCUT2D eigenvalue weighted by atomic mass is 19.4. The summed E-state index contributed by atoms with van der Waals surface area (Å²) in [5, 5.41) is 0. The molecule has 0 aromatic rings. The largest absolute Gasteiger partial charge is 0.460 e. The van der Waals surface area contributed by atoms with E-state index in [9.17, 15) is 65.9 Å². The van der Waals surface area contributed by atoms with E-state index in [2.05, 4.69) is 14.2 Å². The van der Waals surface area contributed by atoms with Gasteiger partial charge in [0.25, 0.3) is 5.97 Å². The van der Waals surface area contributed by atoms with Gasteiger partial charge in [0, 0.05) is 21.3 Å². The molecular formula is C21H27F17O3. The first-order valence-electron chi connectivity index (χ1n) is 11.5. The van der Waals surface area contributed by atoms with E-state index in [1.165, 1.54) is 0 Å². The molecule has 3 nitrogen and oxygen atoms in total. The minimum atomic E-state index is -8.70. The molecule has 0 amide bonds. The molecule has 248 valence electrons. The van der Waals surface area contributed by atoms with Crippen molar-refractivity contribution in [1.82, 2.24) is 0 Å². The quantitative estimate of drug-likeness (QED) is 0.0843. The summed E-state index contributed by atoms with van der Waals surface area (Å²) in [6, 6.07) is 0. The lowest BCUT2D eigenvalue weighted by molar-refractivity contribution is -0.474. The second-order valence-corrected chi connectivity index (χ2v) is 8.89. The molecule has 41 heavy (non-hydrogen) atoms. The van der Waals surface area contributed by atoms with E-state index < -0.39 is 72.4 Å². The Balaban J connectivity index is 6.95. The second kappa shape index (κ2) is 12.7. The number of ether oxygens (including phenoxy) is 3. The van der Waals surface area contributed by atoms with Gasteiger partial charge in [-0.05, 0) is 6.42 Å². The minimum absolute atomic E-state index is 0.0885. The van der Waals surface area contributed by atoms with Crippen LogP contribution in [0.1, 0.15) is 51.9 Å². The molecule has 0 radical (unpaired) electrons. The Morgan fingerprint density at radius 3 is 1.10 bits per heavy atom. The molecule has 20 heteroatoms. The molecule has 0 aromatic heterocycles. The predicted octanol–water partition coefficient (Wildman–Crippen LogP) is 8.96. The van der Waals surface area contributed by atoms with Crippen molar-refractivity contribution in [3.63, 3.8) is 0 Å². The molecule has 1 unspecified atom stereocenters. The van der Waals surface area contributed by atoms with Crippen LogP contribution in [0.15, 0.2) is 0 Å². The van der Waals surface area contributed by atoms with Crippen LogP contribution in [0.25, 0.3) is 0 Å². The van der Waals surface area contributed by atoms with Gasteiger partial charge >= 0.3 is 47.6 Å². The molecule has 0 fully saturated rings. The summed E-state index contributed by atoms with van der Waals surface area (Å²) in [6.45, 7) is 1.77. The molecule has 0 saturated heterocycles. The van der Waals surface area contributed by atoms with Crippen LogP contribution in [0.4, 0.5) is 74.6 Å². The predicted molar refractivity (Wildman–Crippen MR) is 106 cm³/mol. The first-order valence-corrected chi connectivity index (χ1v) is 11.5.